The highest BCUT2D eigenvalue weighted by molar-refractivity contribution is 6.00. The Morgan fingerprint density at radius 3 is 1.84 bits per heavy atom. The molecule has 4 aromatic carbocycles. The van der Waals surface area contributed by atoms with E-state index in [-0.39, 0.29) is 10.9 Å². The number of aryl methyl sites for hydroxylation is 2. The molecule has 6 rings (SSSR count). The van der Waals surface area contributed by atoms with Gasteiger partial charge in [-0.1, -0.05) is 0 Å². The van der Waals surface area contributed by atoms with Crippen LogP contribution in [0.4, 0.5) is 0 Å². The second-order valence-electron chi connectivity index (χ2n) is 10.4. The molecule has 2 aromatic heterocycles. The van der Waals surface area contributed by atoms with Gasteiger partial charge < -0.3 is 27.8 Å². The van der Waals surface area contributed by atoms with E-state index >= 15 is 0 Å². The van der Waals surface area contributed by atoms with Crippen LogP contribution in [0.3, 0.4) is 0 Å². The van der Waals surface area contributed by atoms with Crippen LogP contribution in [0, 0.1) is 13.8 Å². The lowest BCUT2D eigenvalue weighted by Crippen LogP contribution is -2.05. The number of methoxy groups -OCH3 is 4. The van der Waals surface area contributed by atoms with E-state index in [0.29, 0.717) is 78.7 Å². The summed E-state index contributed by atoms with van der Waals surface area (Å²) in [7, 11) is 6.21. The summed E-state index contributed by atoms with van der Waals surface area (Å²) in [4.78, 5) is 26.9. The van der Waals surface area contributed by atoms with Crippen LogP contribution in [0.1, 0.15) is 11.1 Å². The zero-order valence-corrected chi connectivity index (χ0v) is 25.2. The Morgan fingerprint density at radius 1 is 0.568 bits per heavy atom. The van der Waals surface area contributed by atoms with Crippen LogP contribution < -0.4 is 29.8 Å². The third-order valence-electron chi connectivity index (χ3n) is 7.67. The standard InChI is InChI=1S/C36H30O8/c1-19-13-30(41-5)34-25(37)17-29(43-32(34)14-19)22-9-12-27(40-4)24(16-22)33-20(2)15-31(42-6)35-26(38)18-28(44-36(33)35)21-7-10-23(39-3)11-8-21/h7-18H,1-6H3. The second-order valence-corrected chi connectivity index (χ2v) is 10.4. The third-order valence-corrected chi connectivity index (χ3v) is 7.67. The first-order chi connectivity index (χ1) is 21.3. The number of rotatable bonds is 7. The Balaban J connectivity index is 1.62. The molecule has 0 atom stereocenters. The highest BCUT2D eigenvalue weighted by Gasteiger charge is 2.22. The number of hydrogen-bond donors (Lipinski definition) is 0. The van der Waals surface area contributed by atoms with Crippen LogP contribution >= 0.6 is 0 Å². The van der Waals surface area contributed by atoms with Crippen molar-refractivity contribution in [3.63, 3.8) is 0 Å². The van der Waals surface area contributed by atoms with E-state index in [2.05, 4.69) is 0 Å². The summed E-state index contributed by atoms with van der Waals surface area (Å²) in [6.45, 7) is 3.82. The van der Waals surface area contributed by atoms with E-state index in [9.17, 15) is 9.59 Å². The van der Waals surface area contributed by atoms with E-state index in [1.54, 1.807) is 44.6 Å². The molecule has 8 heteroatoms. The molecule has 222 valence electrons. The highest BCUT2D eigenvalue weighted by Crippen LogP contribution is 2.43. The molecule has 0 unspecified atom stereocenters. The monoisotopic (exact) mass is 590 g/mol. The molecule has 0 amide bonds. The molecule has 0 N–H and O–H groups in total. The lowest BCUT2D eigenvalue weighted by molar-refractivity contribution is 0.415. The quantitative estimate of drug-likeness (QED) is 0.188. The van der Waals surface area contributed by atoms with E-state index in [1.165, 1.54) is 26.4 Å². The van der Waals surface area contributed by atoms with Crippen molar-refractivity contribution in [1.82, 2.24) is 0 Å². The summed E-state index contributed by atoms with van der Waals surface area (Å²) in [5.74, 6) is 2.84. The van der Waals surface area contributed by atoms with E-state index < -0.39 is 0 Å². The Hall–Kier alpha value is -5.50. The molecular formula is C36H30O8. The van der Waals surface area contributed by atoms with Crippen molar-refractivity contribution in [2.24, 2.45) is 0 Å². The molecule has 0 bridgehead atoms. The van der Waals surface area contributed by atoms with Gasteiger partial charge >= 0.3 is 0 Å². The first kappa shape index (κ1) is 28.6. The van der Waals surface area contributed by atoms with Crippen molar-refractivity contribution >= 4 is 21.9 Å². The summed E-state index contributed by atoms with van der Waals surface area (Å²) < 4.78 is 34.9. The minimum absolute atomic E-state index is 0.225. The largest absolute Gasteiger partial charge is 0.497 e. The number of ether oxygens (including phenoxy) is 4. The molecule has 44 heavy (non-hydrogen) atoms. The topological polar surface area (TPSA) is 97.3 Å². The lowest BCUT2D eigenvalue weighted by atomic mass is 9.94. The molecular weight excluding hydrogens is 560 g/mol. The average molecular weight is 591 g/mol. The molecule has 0 spiro atoms. The van der Waals surface area contributed by atoms with Crippen LogP contribution in [-0.4, -0.2) is 28.4 Å². The van der Waals surface area contributed by atoms with Crippen molar-refractivity contribution in [2.75, 3.05) is 28.4 Å². The first-order valence-corrected chi connectivity index (χ1v) is 13.9. The van der Waals surface area contributed by atoms with E-state index in [0.717, 1.165) is 11.1 Å². The van der Waals surface area contributed by atoms with Gasteiger partial charge in [0, 0.05) is 34.4 Å². The fraction of sp³-hybridized carbons (Fsp3) is 0.167. The maximum Gasteiger partial charge on any atom is 0.197 e. The van der Waals surface area contributed by atoms with Gasteiger partial charge in [0.1, 0.15) is 50.9 Å². The van der Waals surface area contributed by atoms with Gasteiger partial charge in [0.2, 0.25) is 0 Å². The normalized spacial score (nSPS) is 11.1. The molecule has 0 aliphatic rings. The van der Waals surface area contributed by atoms with Gasteiger partial charge in [-0.2, -0.15) is 0 Å². The molecule has 0 aliphatic heterocycles. The number of benzene rings is 4. The summed E-state index contributed by atoms with van der Waals surface area (Å²) >= 11 is 0. The van der Waals surface area contributed by atoms with Gasteiger partial charge in [-0.05, 0) is 85.6 Å². The van der Waals surface area contributed by atoms with Gasteiger partial charge in [-0.15, -0.1) is 0 Å². The molecule has 0 saturated carbocycles. The third kappa shape index (κ3) is 4.84. The summed E-state index contributed by atoms with van der Waals surface area (Å²) in [5, 5.41) is 0.679. The molecule has 6 aromatic rings. The van der Waals surface area contributed by atoms with Crippen molar-refractivity contribution in [2.45, 2.75) is 13.8 Å². The molecule has 0 fully saturated rings. The number of hydrogen-bond acceptors (Lipinski definition) is 8. The van der Waals surface area contributed by atoms with Crippen LogP contribution in [0.2, 0.25) is 0 Å². The van der Waals surface area contributed by atoms with Crippen LogP contribution in [-0.2, 0) is 0 Å². The number of fused-ring (bicyclic) bond motifs is 2. The van der Waals surface area contributed by atoms with Gasteiger partial charge in [-0.25, -0.2) is 0 Å². The minimum atomic E-state index is -0.255. The van der Waals surface area contributed by atoms with E-state index in [4.69, 9.17) is 27.8 Å². The molecule has 2 heterocycles. The van der Waals surface area contributed by atoms with Crippen molar-refractivity contribution < 1.29 is 27.8 Å². The van der Waals surface area contributed by atoms with Crippen LogP contribution in [0.5, 0.6) is 23.0 Å². The molecule has 0 radical (unpaired) electrons. The van der Waals surface area contributed by atoms with Gasteiger partial charge in [0.05, 0.1) is 28.4 Å². The fourth-order valence-corrected chi connectivity index (χ4v) is 5.56. The first-order valence-electron chi connectivity index (χ1n) is 13.9. The Bertz CT molecular complexity index is 2170. The van der Waals surface area contributed by atoms with Crippen LogP contribution in [0.25, 0.3) is 55.7 Å². The van der Waals surface area contributed by atoms with E-state index in [1.807, 2.05) is 44.2 Å². The van der Waals surface area contributed by atoms with Gasteiger partial charge in [0.15, 0.2) is 16.4 Å². The van der Waals surface area contributed by atoms with Crippen LogP contribution in [0.15, 0.2) is 91.2 Å². The smallest absolute Gasteiger partial charge is 0.197 e. The summed E-state index contributed by atoms with van der Waals surface area (Å²) in [6, 6.07) is 21.1. The van der Waals surface area contributed by atoms with Crippen molar-refractivity contribution in [3.8, 4) is 56.8 Å². The van der Waals surface area contributed by atoms with Crippen molar-refractivity contribution in [1.29, 1.82) is 0 Å². The maximum atomic E-state index is 13.6. The van der Waals surface area contributed by atoms with Gasteiger partial charge in [-0.3, -0.25) is 9.59 Å². The maximum absolute atomic E-state index is 13.6. The zero-order chi connectivity index (χ0) is 31.1. The predicted octanol–water partition coefficient (Wildman–Crippen LogP) is 7.55. The molecule has 8 nitrogen and oxygen atoms in total. The summed E-state index contributed by atoms with van der Waals surface area (Å²) in [6.07, 6.45) is 0. The Morgan fingerprint density at radius 2 is 1.18 bits per heavy atom. The Labute approximate surface area is 253 Å². The lowest BCUT2D eigenvalue weighted by Gasteiger charge is -2.17. The molecule has 0 aliphatic carbocycles. The minimum Gasteiger partial charge on any atom is -0.497 e. The summed E-state index contributed by atoms with van der Waals surface area (Å²) in [5.41, 5.74) is 4.61. The zero-order valence-electron chi connectivity index (χ0n) is 25.2. The highest BCUT2D eigenvalue weighted by atomic mass is 16.5. The SMILES string of the molecule is COc1ccc(-c2cc(=O)c3c(OC)cc(C)c(-c4cc(-c5cc(=O)c6c(OC)cc(C)cc6o5)ccc4OC)c3o2)cc1. The average Bonchev–Trinajstić information content (AvgIpc) is 3.03. The fourth-order valence-electron chi connectivity index (χ4n) is 5.56. The van der Waals surface area contributed by atoms with Gasteiger partial charge in [0.25, 0.3) is 0 Å². The predicted molar refractivity (Wildman–Crippen MR) is 171 cm³/mol. The van der Waals surface area contributed by atoms with Crippen molar-refractivity contribution in [3.05, 3.63) is 104 Å². The molecule has 0 saturated heterocycles. The second kappa shape index (κ2) is 11.3. The Kier molecular flexibility index (Phi) is 7.35.